The molecule has 1 rings (SSSR count). The molecular weight excluding hydrogens is 250 g/mol. The van der Waals surface area contributed by atoms with E-state index in [1.165, 1.54) is 12.3 Å². The normalized spacial score (nSPS) is 10.3. The number of amides is 2. The molecule has 0 bridgehead atoms. The summed E-state index contributed by atoms with van der Waals surface area (Å²) in [6.07, 6.45) is 3.62. The van der Waals surface area contributed by atoms with E-state index in [0.29, 0.717) is 18.1 Å². The quantitative estimate of drug-likeness (QED) is 0.458. The van der Waals surface area contributed by atoms with Crippen molar-refractivity contribution < 1.29 is 14.7 Å². The summed E-state index contributed by atoms with van der Waals surface area (Å²) in [4.78, 5) is 25.0. The van der Waals surface area contributed by atoms with E-state index in [9.17, 15) is 9.59 Å². The number of nitrogens with two attached hydrogens (primary N) is 2. The van der Waals surface area contributed by atoms with Gasteiger partial charge < -0.3 is 27.2 Å². The summed E-state index contributed by atoms with van der Waals surface area (Å²) in [5.41, 5.74) is 11.3. The monoisotopic (exact) mass is 265 g/mol. The summed E-state index contributed by atoms with van der Waals surface area (Å²) in [5, 5.41) is 13.4. The number of carboxylic acid groups (broad SMARTS) is 1. The van der Waals surface area contributed by atoms with E-state index in [0.717, 1.165) is 0 Å². The molecule has 0 saturated heterocycles. The van der Waals surface area contributed by atoms with Crippen LogP contribution in [0.25, 0.3) is 0 Å². The van der Waals surface area contributed by atoms with Gasteiger partial charge in [0.15, 0.2) is 0 Å². The molecule has 7 N–H and O–H groups in total. The highest BCUT2D eigenvalue weighted by molar-refractivity contribution is 5.94. The molecule has 8 heteroatoms. The molecule has 1 aromatic rings. The number of pyridine rings is 1. The number of nitrogens with one attached hydrogen (secondary N) is 2. The summed E-state index contributed by atoms with van der Waals surface area (Å²) >= 11 is 0. The third-order valence-corrected chi connectivity index (χ3v) is 2.13. The average Bonchev–Trinajstić information content (AvgIpc) is 2.34. The van der Waals surface area contributed by atoms with Gasteiger partial charge in [-0.2, -0.15) is 0 Å². The van der Waals surface area contributed by atoms with Crippen molar-refractivity contribution in [2.75, 3.05) is 24.1 Å². The predicted octanol–water partition coefficient (Wildman–Crippen LogP) is -0.00160. The van der Waals surface area contributed by atoms with Gasteiger partial charge >= 0.3 is 6.09 Å². The van der Waals surface area contributed by atoms with Crippen LogP contribution >= 0.6 is 0 Å². The van der Waals surface area contributed by atoms with Crippen LogP contribution in [0, 0.1) is 0 Å². The van der Waals surface area contributed by atoms with Gasteiger partial charge in [0.05, 0.1) is 11.3 Å². The lowest BCUT2D eigenvalue weighted by atomic mass is 10.2. The minimum Gasteiger partial charge on any atom is -0.465 e. The van der Waals surface area contributed by atoms with Crippen LogP contribution in [-0.2, 0) is 0 Å². The minimum atomic E-state index is -1.08. The van der Waals surface area contributed by atoms with Crippen molar-refractivity contribution in [3.63, 3.8) is 0 Å². The molecule has 0 aliphatic rings. The van der Waals surface area contributed by atoms with Gasteiger partial charge in [-0.15, -0.1) is 0 Å². The second-order valence-corrected chi connectivity index (χ2v) is 3.56. The molecule has 0 fully saturated rings. The lowest BCUT2D eigenvalue weighted by Crippen LogP contribution is -2.20. The smallest absolute Gasteiger partial charge is 0.404 e. The van der Waals surface area contributed by atoms with E-state index in [1.54, 1.807) is 12.2 Å². The topological polar surface area (TPSA) is 143 Å². The van der Waals surface area contributed by atoms with Crippen LogP contribution in [0.5, 0.6) is 0 Å². The van der Waals surface area contributed by atoms with Gasteiger partial charge in [0, 0.05) is 19.3 Å². The zero-order valence-corrected chi connectivity index (χ0v) is 10.1. The van der Waals surface area contributed by atoms with Crippen LogP contribution < -0.4 is 22.1 Å². The number of hydrogen-bond donors (Lipinski definition) is 5. The molecule has 1 heterocycles. The first-order valence-electron chi connectivity index (χ1n) is 5.41. The molecule has 0 aliphatic heterocycles. The Labute approximate surface area is 109 Å². The summed E-state index contributed by atoms with van der Waals surface area (Å²) in [6.45, 7) is 0.648. The third kappa shape index (κ3) is 4.94. The Morgan fingerprint density at radius 1 is 1.37 bits per heavy atom. The number of carbonyl (C=O) groups is 2. The second kappa shape index (κ2) is 6.84. The highest BCUT2D eigenvalue weighted by Gasteiger charge is 2.05. The number of nitrogens with zero attached hydrogens (tertiary/aromatic N) is 1. The summed E-state index contributed by atoms with van der Waals surface area (Å²) in [5.74, 6) is -0.161. The molecule has 0 aromatic carbocycles. The molecule has 2 amide bonds. The van der Waals surface area contributed by atoms with Crippen molar-refractivity contribution in [3.05, 3.63) is 30.0 Å². The summed E-state index contributed by atoms with van der Waals surface area (Å²) < 4.78 is 0. The van der Waals surface area contributed by atoms with E-state index >= 15 is 0 Å². The first kappa shape index (κ1) is 14.3. The molecule has 0 atom stereocenters. The number of carbonyl (C=O) groups excluding carboxylic acids is 1. The Morgan fingerprint density at radius 2 is 2.05 bits per heavy atom. The second-order valence-electron chi connectivity index (χ2n) is 3.56. The number of aromatic nitrogens is 1. The number of primary amides is 1. The minimum absolute atomic E-state index is 0.223. The first-order valence-corrected chi connectivity index (χ1v) is 5.41. The number of nitrogen functional groups attached to an aromatic ring is 1. The Morgan fingerprint density at radius 3 is 2.63 bits per heavy atom. The van der Waals surface area contributed by atoms with Crippen molar-refractivity contribution in [1.82, 2.24) is 10.3 Å². The SMILES string of the molecule is NC(=O)c1cnc(NCC=CCNC(=O)O)c(N)c1. The van der Waals surface area contributed by atoms with Gasteiger partial charge in [0.1, 0.15) is 5.82 Å². The Hall–Kier alpha value is -2.77. The van der Waals surface area contributed by atoms with Crippen LogP contribution in [0.15, 0.2) is 24.4 Å². The van der Waals surface area contributed by atoms with E-state index < -0.39 is 12.0 Å². The highest BCUT2D eigenvalue weighted by Crippen LogP contribution is 2.15. The van der Waals surface area contributed by atoms with Crippen LogP contribution in [-0.4, -0.2) is 35.2 Å². The van der Waals surface area contributed by atoms with Crippen molar-refractivity contribution in [1.29, 1.82) is 0 Å². The molecule has 0 spiro atoms. The van der Waals surface area contributed by atoms with Gasteiger partial charge in [-0.1, -0.05) is 12.2 Å². The van der Waals surface area contributed by atoms with Crippen molar-refractivity contribution in [2.24, 2.45) is 5.73 Å². The maximum Gasteiger partial charge on any atom is 0.404 e. The van der Waals surface area contributed by atoms with Crippen LogP contribution in [0.3, 0.4) is 0 Å². The van der Waals surface area contributed by atoms with Gasteiger partial charge in [0.2, 0.25) is 5.91 Å². The fourth-order valence-electron chi connectivity index (χ4n) is 1.23. The van der Waals surface area contributed by atoms with Crippen LogP contribution in [0.2, 0.25) is 0 Å². The van der Waals surface area contributed by atoms with Gasteiger partial charge in [0.25, 0.3) is 0 Å². The first-order chi connectivity index (χ1) is 9.00. The van der Waals surface area contributed by atoms with Crippen molar-refractivity contribution in [3.8, 4) is 0 Å². The lowest BCUT2D eigenvalue weighted by molar-refractivity contribution is 0.1000. The van der Waals surface area contributed by atoms with Gasteiger partial charge in [-0.05, 0) is 6.07 Å². The Kier molecular flexibility index (Phi) is 5.15. The number of hydrogen-bond acceptors (Lipinski definition) is 5. The number of rotatable bonds is 6. The van der Waals surface area contributed by atoms with Crippen LogP contribution in [0.4, 0.5) is 16.3 Å². The Balaban J connectivity index is 2.45. The molecular formula is C11H15N5O3. The van der Waals surface area contributed by atoms with E-state index in [2.05, 4.69) is 15.6 Å². The molecule has 0 unspecified atom stereocenters. The van der Waals surface area contributed by atoms with Gasteiger partial charge in [-0.25, -0.2) is 9.78 Å². The largest absolute Gasteiger partial charge is 0.465 e. The molecule has 1 aromatic heterocycles. The predicted molar refractivity (Wildman–Crippen MR) is 70.8 cm³/mol. The van der Waals surface area contributed by atoms with Crippen molar-refractivity contribution >= 4 is 23.5 Å². The van der Waals surface area contributed by atoms with Crippen molar-refractivity contribution in [2.45, 2.75) is 0 Å². The fraction of sp³-hybridized carbons (Fsp3) is 0.182. The lowest BCUT2D eigenvalue weighted by Gasteiger charge is -2.06. The van der Waals surface area contributed by atoms with Crippen LogP contribution in [0.1, 0.15) is 10.4 Å². The van der Waals surface area contributed by atoms with E-state index in [-0.39, 0.29) is 12.1 Å². The molecule has 8 nitrogen and oxygen atoms in total. The molecule has 0 saturated carbocycles. The fourth-order valence-corrected chi connectivity index (χ4v) is 1.23. The maximum atomic E-state index is 10.9. The molecule has 0 aliphatic carbocycles. The highest BCUT2D eigenvalue weighted by atomic mass is 16.4. The third-order valence-electron chi connectivity index (χ3n) is 2.13. The number of anilines is 2. The molecule has 102 valence electrons. The van der Waals surface area contributed by atoms with E-state index in [1.807, 2.05) is 0 Å². The standard InChI is InChI=1S/C11H15N5O3/c12-8-5-7(9(13)17)6-16-10(8)14-3-1-2-4-15-11(18)19/h1-2,5-6,15H,3-4,12H2,(H2,13,17)(H,14,16)(H,18,19). The average molecular weight is 265 g/mol. The summed E-state index contributed by atoms with van der Waals surface area (Å²) in [7, 11) is 0. The zero-order valence-electron chi connectivity index (χ0n) is 10.1. The maximum absolute atomic E-state index is 10.9. The van der Waals surface area contributed by atoms with E-state index in [4.69, 9.17) is 16.6 Å². The zero-order chi connectivity index (χ0) is 14.3. The molecule has 19 heavy (non-hydrogen) atoms. The molecule has 0 radical (unpaired) electrons. The summed E-state index contributed by atoms with van der Waals surface area (Å²) in [6, 6.07) is 1.44. The van der Waals surface area contributed by atoms with Gasteiger partial charge in [-0.3, -0.25) is 4.79 Å². The Bertz CT molecular complexity index is 501.